The molecule has 1 heterocycles. The van der Waals surface area contributed by atoms with E-state index >= 15 is 0 Å². The van der Waals surface area contributed by atoms with Crippen LogP contribution in [0.25, 0.3) is 0 Å². The molecule has 0 aromatic heterocycles. The monoisotopic (exact) mass is 311 g/mol. The highest BCUT2D eigenvalue weighted by Crippen LogP contribution is 2.31. The van der Waals surface area contributed by atoms with Gasteiger partial charge in [-0.1, -0.05) is 36.4 Å². The molecule has 2 aromatic carbocycles. The number of aryl methyl sites for hydroxylation is 2. The van der Waals surface area contributed by atoms with E-state index in [1.165, 1.54) is 11.1 Å². The van der Waals surface area contributed by atoms with Gasteiger partial charge < -0.3 is 14.8 Å². The van der Waals surface area contributed by atoms with Gasteiger partial charge in [0.15, 0.2) is 0 Å². The second-order valence-electron chi connectivity index (χ2n) is 6.05. The van der Waals surface area contributed by atoms with Crippen molar-refractivity contribution in [3.63, 3.8) is 0 Å². The summed E-state index contributed by atoms with van der Waals surface area (Å²) < 4.78 is 11.4. The van der Waals surface area contributed by atoms with Gasteiger partial charge in [0.2, 0.25) is 0 Å². The Morgan fingerprint density at radius 2 is 2.04 bits per heavy atom. The Balaban J connectivity index is 1.39. The second kappa shape index (κ2) is 8.02. The van der Waals surface area contributed by atoms with Gasteiger partial charge in [-0.2, -0.15) is 0 Å². The molecule has 1 N–H and O–H groups in total. The highest BCUT2D eigenvalue weighted by molar-refractivity contribution is 5.42. The molecule has 0 saturated heterocycles. The van der Waals surface area contributed by atoms with Crippen molar-refractivity contribution >= 4 is 0 Å². The maximum absolute atomic E-state index is 6.10. The van der Waals surface area contributed by atoms with Crippen molar-refractivity contribution in [2.75, 3.05) is 20.2 Å². The Bertz CT molecular complexity index is 612. The third-order valence-electron chi connectivity index (χ3n) is 4.34. The fraction of sp³-hybridized carbons (Fsp3) is 0.400. The van der Waals surface area contributed by atoms with Gasteiger partial charge in [-0.3, -0.25) is 0 Å². The summed E-state index contributed by atoms with van der Waals surface area (Å²) in [5.41, 5.74) is 2.69. The summed E-state index contributed by atoms with van der Waals surface area (Å²) in [6.45, 7) is 1.94. The topological polar surface area (TPSA) is 30.5 Å². The minimum absolute atomic E-state index is 0.256. The zero-order chi connectivity index (χ0) is 15.9. The van der Waals surface area contributed by atoms with Crippen molar-refractivity contribution < 1.29 is 9.47 Å². The van der Waals surface area contributed by atoms with Gasteiger partial charge in [-0.25, -0.2) is 0 Å². The first-order chi connectivity index (χ1) is 11.3. The molecule has 1 aliphatic heterocycles. The molecule has 0 bridgehead atoms. The SMILES string of the molecule is COc1ccc2c(c1)OC(CNCCCc1ccccc1)CC2. The van der Waals surface area contributed by atoms with Crippen LogP contribution in [0, 0.1) is 0 Å². The Kier molecular flexibility index (Phi) is 5.54. The highest BCUT2D eigenvalue weighted by Gasteiger charge is 2.19. The van der Waals surface area contributed by atoms with Crippen LogP contribution in [0.2, 0.25) is 0 Å². The minimum Gasteiger partial charge on any atom is -0.497 e. The van der Waals surface area contributed by atoms with Crippen LogP contribution in [-0.4, -0.2) is 26.3 Å². The fourth-order valence-electron chi connectivity index (χ4n) is 3.00. The van der Waals surface area contributed by atoms with Gasteiger partial charge >= 0.3 is 0 Å². The van der Waals surface area contributed by atoms with Crippen LogP contribution >= 0.6 is 0 Å². The van der Waals surface area contributed by atoms with E-state index in [0.717, 1.165) is 50.3 Å². The smallest absolute Gasteiger partial charge is 0.126 e. The van der Waals surface area contributed by atoms with Crippen LogP contribution in [0.15, 0.2) is 48.5 Å². The predicted molar refractivity (Wildman–Crippen MR) is 93.4 cm³/mol. The van der Waals surface area contributed by atoms with E-state index < -0.39 is 0 Å². The van der Waals surface area contributed by atoms with E-state index in [4.69, 9.17) is 9.47 Å². The van der Waals surface area contributed by atoms with Crippen LogP contribution < -0.4 is 14.8 Å². The number of hydrogen-bond acceptors (Lipinski definition) is 3. The third kappa shape index (κ3) is 4.49. The fourth-order valence-corrected chi connectivity index (χ4v) is 3.00. The molecule has 3 rings (SSSR count). The minimum atomic E-state index is 0.256. The Morgan fingerprint density at radius 3 is 2.87 bits per heavy atom. The second-order valence-corrected chi connectivity index (χ2v) is 6.05. The van der Waals surface area contributed by atoms with Gasteiger partial charge in [-0.15, -0.1) is 0 Å². The summed E-state index contributed by atoms with van der Waals surface area (Å²) in [5.74, 6) is 1.84. The van der Waals surface area contributed by atoms with Crippen molar-refractivity contribution in [1.82, 2.24) is 5.32 Å². The summed E-state index contributed by atoms with van der Waals surface area (Å²) >= 11 is 0. The largest absolute Gasteiger partial charge is 0.497 e. The van der Waals surface area contributed by atoms with Crippen LogP contribution in [-0.2, 0) is 12.8 Å². The van der Waals surface area contributed by atoms with Crippen LogP contribution in [0.1, 0.15) is 24.0 Å². The van der Waals surface area contributed by atoms with Crippen molar-refractivity contribution in [3.8, 4) is 11.5 Å². The average molecular weight is 311 g/mol. The first-order valence-corrected chi connectivity index (χ1v) is 8.43. The molecular weight excluding hydrogens is 286 g/mol. The standard InChI is InChI=1S/C20H25NO2/c1-22-18-11-9-17-10-12-19(23-20(17)14-18)15-21-13-5-8-16-6-3-2-4-7-16/h2-4,6-7,9,11,14,19,21H,5,8,10,12-13,15H2,1H3. The van der Waals surface area contributed by atoms with E-state index in [9.17, 15) is 0 Å². The molecule has 0 amide bonds. The zero-order valence-corrected chi connectivity index (χ0v) is 13.8. The number of benzene rings is 2. The molecule has 1 atom stereocenters. The van der Waals surface area contributed by atoms with Gasteiger partial charge in [0, 0.05) is 12.6 Å². The lowest BCUT2D eigenvalue weighted by molar-refractivity contribution is 0.170. The number of nitrogens with one attached hydrogen (secondary N) is 1. The van der Waals surface area contributed by atoms with Crippen molar-refractivity contribution in [3.05, 3.63) is 59.7 Å². The van der Waals surface area contributed by atoms with E-state index in [1.807, 2.05) is 12.1 Å². The molecular formula is C20H25NO2. The van der Waals surface area contributed by atoms with Gasteiger partial charge in [0.1, 0.15) is 17.6 Å². The molecule has 23 heavy (non-hydrogen) atoms. The average Bonchev–Trinajstić information content (AvgIpc) is 2.61. The highest BCUT2D eigenvalue weighted by atomic mass is 16.5. The molecule has 122 valence electrons. The number of rotatable bonds is 7. The quantitative estimate of drug-likeness (QED) is 0.792. The van der Waals surface area contributed by atoms with Gasteiger partial charge in [-0.05, 0) is 49.4 Å². The lowest BCUT2D eigenvalue weighted by Gasteiger charge is -2.26. The molecule has 0 radical (unpaired) electrons. The third-order valence-corrected chi connectivity index (χ3v) is 4.34. The van der Waals surface area contributed by atoms with Gasteiger partial charge in [0.25, 0.3) is 0 Å². The Morgan fingerprint density at radius 1 is 1.17 bits per heavy atom. The van der Waals surface area contributed by atoms with Crippen molar-refractivity contribution in [1.29, 1.82) is 0 Å². The van der Waals surface area contributed by atoms with E-state index in [1.54, 1.807) is 7.11 Å². The van der Waals surface area contributed by atoms with E-state index in [-0.39, 0.29) is 6.10 Å². The molecule has 0 saturated carbocycles. The molecule has 1 unspecified atom stereocenters. The van der Waals surface area contributed by atoms with Gasteiger partial charge in [0.05, 0.1) is 7.11 Å². The van der Waals surface area contributed by atoms with Crippen LogP contribution in [0.5, 0.6) is 11.5 Å². The zero-order valence-electron chi connectivity index (χ0n) is 13.8. The van der Waals surface area contributed by atoms with Crippen LogP contribution in [0.4, 0.5) is 0 Å². The Hall–Kier alpha value is -2.00. The lowest BCUT2D eigenvalue weighted by atomic mass is 10.0. The predicted octanol–water partition coefficient (Wildman–Crippen LogP) is 3.61. The lowest BCUT2D eigenvalue weighted by Crippen LogP contribution is -2.34. The summed E-state index contributed by atoms with van der Waals surface area (Å²) in [4.78, 5) is 0. The molecule has 2 aromatic rings. The summed E-state index contributed by atoms with van der Waals surface area (Å²) in [7, 11) is 1.69. The number of hydrogen-bond donors (Lipinski definition) is 1. The molecule has 3 nitrogen and oxygen atoms in total. The number of methoxy groups -OCH3 is 1. The summed E-state index contributed by atoms with van der Waals surface area (Å²) in [6.07, 6.45) is 4.69. The number of ether oxygens (including phenoxy) is 2. The summed E-state index contributed by atoms with van der Waals surface area (Å²) in [5, 5.41) is 3.53. The van der Waals surface area contributed by atoms with E-state index in [2.05, 4.69) is 41.7 Å². The molecule has 0 spiro atoms. The van der Waals surface area contributed by atoms with E-state index in [0.29, 0.717) is 0 Å². The molecule has 1 aliphatic rings. The maximum Gasteiger partial charge on any atom is 0.126 e. The molecule has 0 aliphatic carbocycles. The first-order valence-electron chi connectivity index (χ1n) is 8.43. The normalized spacial score (nSPS) is 16.5. The Labute approximate surface area is 138 Å². The van der Waals surface area contributed by atoms with Crippen LogP contribution in [0.3, 0.4) is 0 Å². The number of fused-ring (bicyclic) bond motifs is 1. The maximum atomic E-state index is 6.10. The molecule has 0 fully saturated rings. The molecule has 3 heteroatoms. The first kappa shape index (κ1) is 15.9. The van der Waals surface area contributed by atoms with Crippen molar-refractivity contribution in [2.45, 2.75) is 31.8 Å². The summed E-state index contributed by atoms with van der Waals surface area (Å²) in [6, 6.07) is 16.8. The van der Waals surface area contributed by atoms with Crippen molar-refractivity contribution in [2.24, 2.45) is 0 Å².